The maximum atomic E-state index is 11.9. The smallest absolute Gasteiger partial charge is 0.328 e. The molecule has 0 aliphatic carbocycles. The average Bonchev–Trinajstić information content (AvgIpc) is 2.45. The molecule has 5 nitrogen and oxygen atoms in total. The van der Waals surface area contributed by atoms with Crippen molar-refractivity contribution in [2.24, 2.45) is 5.92 Å². The van der Waals surface area contributed by atoms with E-state index in [0.29, 0.717) is 18.6 Å². The summed E-state index contributed by atoms with van der Waals surface area (Å²) in [5.74, 6) is 0.350. The molecule has 5 heteroatoms. The predicted octanol–water partition coefficient (Wildman–Crippen LogP) is 1.94. The number of amides is 1. The number of carbonyl (C=O) groups is 2. The molecule has 1 aromatic carbocycles. The highest BCUT2D eigenvalue weighted by Gasteiger charge is 2.22. The summed E-state index contributed by atoms with van der Waals surface area (Å²) >= 11 is 0. The Labute approximate surface area is 125 Å². The molecule has 0 saturated heterocycles. The third-order valence-electron chi connectivity index (χ3n) is 2.99. The summed E-state index contributed by atoms with van der Waals surface area (Å²) in [6, 6.07) is 6.71. The van der Waals surface area contributed by atoms with Gasteiger partial charge in [0.25, 0.3) is 0 Å². The molecule has 0 radical (unpaired) electrons. The first-order valence-electron chi connectivity index (χ1n) is 6.96. The number of hydrogen-bond donors (Lipinski definition) is 1. The second kappa shape index (κ2) is 8.29. The van der Waals surface area contributed by atoms with Crippen LogP contribution in [0.2, 0.25) is 0 Å². The van der Waals surface area contributed by atoms with Crippen molar-refractivity contribution in [3.8, 4) is 5.75 Å². The summed E-state index contributed by atoms with van der Waals surface area (Å²) in [5, 5.41) is 2.73. The molecule has 0 fully saturated rings. The van der Waals surface area contributed by atoms with Gasteiger partial charge in [-0.2, -0.15) is 0 Å². The Balaban J connectivity index is 2.78. The average molecular weight is 293 g/mol. The van der Waals surface area contributed by atoms with Crippen LogP contribution in [0.4, 0.5) is 0 Å². The lowest BCUT2D eigenvalue weighted by molar-refractivity contribution is -0.145. The van der Waals surface area contributed by atoms with E-state index >= 15 is 0 Å². The molecular formula is C16H23NO4. The van der Waals surface area contributed by atoms with Crippen LogP contribution in [0, 0.1) is 5.92 Å². The van der Waals surface area contributed by atoms with E-state index in [1.807, 2.05) is 38.1 Å². The summed E-state index contributed by atoms with van der Waals surface area (Å²) in [6.07, 6.45) is 0.749. The standard InChI is InChI=1S/C16H23NO4/c1-11(2)8-15(18)17-14(16(19)21-4)10-12-6-5-7-13(9-12)20-3/h5-7,9,11,14H,8,10H2,1-4H3,(H,17,18)/t14-/m1/s1. The van der Waals surface area contributed by atoms with E-state index in [1.54, 1.807) is 7.11 Å². The summed E-state index contributed by atoms with van der Waals surface area (Å²) in [4.78, 5) is 23.7. The topological polar surface area (TPSA) is 64.6 Å². The fourth-order valence-electron chi connectivity index (χ4n) is 1.99. The highest BCUT2D eigenvalue weighted by atomic mass is 16.5. The van der Waals surface area contributed by atoms with Crippen molar-refractivity contribution >= 4 is 11.9 Å². The largest absolute Gasteiger partial charge is 0.497 e. The summed E-state index contributed by atoms with van der Waals surface area (Å²) < 4.78 is 9.92. The first kappa shape index (κ1) is 17.0. The van der Waals surface area contributed by atoms with E-state index < -0.39 is 12.0 Å². The van der Waals surface area contributed by atoms with Crippen LogP contribution in [0.15, 0.2) is 24.3 Å². The van der Waals surface area contributed by atoms with Gasteiger partial charge in [-0.1, -0.05) is 26.0 Å². The molecule has 116 valence electrons. The van der Waals surface area contributed by atoms with Gasteiger partial charge in [-0.3, -0.25) is 4.79 Å². The van der Waals surface area contributed by atoms with Gasteiger partial charge in [-0.25, -0.2) is 4.79 Å². The highest BCUT2D eigenvalue weighted by molar-refractivity contribution is 5.84. The van der Waals surface area contributed by atoms with Crippen molar-refractivity contribution in [3.05, 3.63) is 29.8 Å². The van der Waals surface area contributed by atoms with E-state index in [1.165, 1.54) is 7.11 Å². The molecule has 0 saturated carbocycles. The van der Waals surface area contributed by atoms with E-state index in [-0.39, 0.29) is 11.8 Å². The minimum atomic E-state index is -0.687. The molecule has 0 aliphatic heterocycles. The second-order valence-electron chi connectivity index (χ2n) is 5.30. The number of hydrogen-bond acceptors (Lipinski definition) is 4. The van der Waals surface area contributed by atoms with Gasteiger partial charge in [-0.05, 0) is 23.6 Å². The van der Waals surface area contributed by atoms with Crippen LogP contribution < -0.4 is 10.1 Å². The van der Waals surface area contributed by atoms with Crippen LogP contribution in [0.25, 0.3) is 0 Å². The van der Waals surface area contributed by atoms with Gasteiger partial charge in [0, 0.05) is 12.8 Å². The number of carbonyl (C=O) groups excluding carboxylic acids is 2. The second-order valence-corrected chi connectivity index (χ2v) is 5.30. The van der Waals surface area contributed by atoms with Gasteiger partial charge >= 0.3 is 5.97 Å². The predicted molar refractivity (Wildman–Crippen MR) is 80.1 cm³/mol. The zero-order valence-corrected chi connectivity index (χ0v) is 13.0. The number of rotatable bonds is 7. The molecule has 1 rings (SSSR count). The maximum absolute atomic E-state index is 11.9. The van der Waals surface area contributed by atoms with Crippen molar-refractivity contribution in [1.82, 2.24) is 5.32 Å². The Hall–Kier alpha value is -2.04. The number of nitrogens with one attached hydrogen (secondary N) is 1. The quantitative estimate of drug-likeness (QED) is 0.780. The molecule has 0 aromatic heterocycles. The third-order valence-corrected chi connectivity index (χ3v) is 2.99. The first-order chi connectivity index (χ1) is 9.96. The van der Waals surface area contributed by atoms with Crippen LogP contribution >= 0.6 is 0 Å². The Kier molecular flexibility index (Phi) is 6.72. The van der Waals surface area contributed by atoms with E-state index in [4.69, 9.17) is 9.47 Å². The van der Waals surface area contributed by atoms with Crippen molar-refractivity contribution < 1.29 is 19.1 Å². The van der Waals surface area contributed by atoms with Gasteiger partial charge < -0.3 is 14.8 Å². The van der Waals surface area contributed by atoms with E-state index in [2.05, 4.69) is 5.32 Å². The number of ether oxygens (including phenoxy) is 2. The fraction of sp³-hybridized carbons (Fsp3) is 0.500. The Morgan fingerprint density at radius 1 is 1.24 bits per heavy atom. The summed E-state index contributed by atoms with van der Waals surface area (Å²) in [6.45, 7) is 3.91. The van der Waals surface area contributed by atoms with E-state index in [9.17, 15) is 9.59 Å². The number of benzene rings is 1. The van der Waals surface area contributed by atoms with Gasteiger partial charge in [0.15, 0.2) is 0 Å². The van der Waals surface area contributed by atoms with Gasteiger partial charge in [-0.15, -0.1) is 0 Å². The highest BCUT2D eigenvalue weighted by Crippen LogP contribution is 2.14. The molecule has 0 bridgehead atoms. The third kappa shape index (κ3) is 5.85. The molecular weight excluding hydrogens is 270 g/mol. The number of esters is 1. The van der Waals surface area contributed by atoms with Gasteiger partial charge in [0.2, 0.25) is 5.91 Å². The maximum Gasteiger partial charge on any atom is 0.328 e. The SMILES string of the molecule is COC(=O)[C@@H](Cc1cccc(OC)c1)NC(=O)CC(C)C. The van der Waals surface area contributed by atoms with Gasteiger partial charge in [0.05, 0.1) is 14.2 Å². The zero-order chi connectivity index (χ0) is 15.8. The molecule has 1 atom stereocenters. The van der Waals surface area contributed by atoms with Crippen molar-refractivity contribution in [1.29, 1.82) is 0 Å². The minimum Gasteiger partial charge on any atom is -0.497 e. The normalized spacial score (nSPS) is 11.9. The first-order valence-corrected chi connectivity index (χ1v) is 6.96. The summed E-state index contributed by atoms with van der Waals surface area (Å²) in [5.41, 5.74) is 0.898. The van der Waals surface area contributed by atoms with Crippen LogP contribution in [0.5, 0.6) is 5.75 Å². The molecule has 1 amide bonds. The lowest BCUT2D eigenvalue weighted by Crippen LogP contribution is -2.43. The van der Waals surface area contributed by atoms with Crippen LogP contribution in [-0.4, -0.2) is 32.1 Å². The van der Waals surface area contributed by atoms with Gasteiger partial charge in [0.1, 0.15) is 11.8 Å². The number of methoxy groups -OCH3 is 2. The van der Waals surface area contributed by atoms with Crippen molar-refractivity contribution in [3.63, 3.8) is 0 Å². The minimum absolute atomic E-state index is 0.150. The molecule has 0 aliphatic rings. The van der Waals surface area contributed by atoms with Crippen LogP contribution in [-0.2, 0) is 20.7 Å². The molecule has 0 spiro atoms. The lowest BCUT2D eigenvalue weighted by Gasteiger charge is -2.17. The van der Waals surface area contributed by atoms with Crippen molar-refractivity contribution in [2.45, 2.75) is 32.7 Å². The molecule has 0 unspecified atom stereocenters. The van der Waals surface area contributed by atoms with Crippen molar-refractivity contribution in [2.75, 3.05) is 14.2 Å². The monoisotopic (exact) mass is 293 g/mol. The van der Waals surface area contributed by atoms with E-state index in [0.717, 1.165) is 5.56 Å². The lowest BCUT2D eigenvalue weighted by atomic mass is 10.0. The van der Waals surface area contributed by atoms with Crippen LogP contribution in [0.1, 0.15) is 25.8 Å². The fourth-order valence-corrected chi connectivity index (χ4v) is 1.99. The molecule has 1 aromatic rings. The Morgan fingerprint density at radius 2 is 1.95 bits per heavy atom. The zero-order valence-electron chi connectivity index (χ0n) is 13.0. The Morgan fingerprint density at radius 3 is 2.52 bits per heavy atom. The summed E-state index contributed by atoms with van der Waals surface area (Å²) in [7, 11) is 2.90. The molecule has 1 N–H and O–H groups in total. The molecule has 21 heavy (non-hydrogen) atoms. The van der Waals surface area contributed by atoms with Crippen LogP contribution in [0.3, 0.4) is 0 Å². The molecule has 0 heterocycles. The Bertz CT molecular complexity index is 485.